The summed E-state index contributed by atoms with van der Waals surface area (Å²) >= 11 is 0. The number of primary amides is 1. The van der Waals surface area contributed by atoms with Crippen molar-refractivity contribution >= 4 is 35.8 Å². The van der Waals surface area contributed by atoms with Crippen LogP contribution in [0.3, 0.4) is 0 Å². The summed E-state index contributed by atoms with van der Waals surface area (Å²) in [7, 11) is 0. The number of carbonyl (C=O) groups excluding carboxylic acids is 1. The minimum absolute atomic E-state index is 0. The van der Waals surface area contributed by atoms with Gasteiger partial charge in [0.25, 0.3) is 0 Å². The highest BCUT2D eigenvalue weighted by Crippen LogP contribution is 2.27. The van der Waals surface area contributed by atoms with E-state index in [1.165, 1.54) is 17.7 Å². The smallest absolute Gasteiger partial charge is 0.222 e. The molecule has 0 aliphatic carbocycles. The standard InChI is InChI=1S/C22H27FN4O2.HI/c1-2-25-22(27-14-19-12-16-5-3-4-6-20(16)29-19)26-13-17(21(24)28)11-15-7-9-18(23)10-8-15;/h3-10,17,19H,2,11-14H2,1H3,(H2,24,28)(H2,25,26,27);1H. The van der Waals surface area contributed by atoms with Gasteiger partial charge in [0, 0.05) is 13.0 Å². The van der Waals surface area contributed by atoms with Crippen molar-refractivity contribution in [1.82, 2.24) is 10.6 Å². The number of aliphatic imine (C=N–C) groups is 1. The second kappa shape index (κ2) is 11.7. The van der Waals surface area contributed by atoms with E-state index in [4.69, 9.17) is 10.5 Å². The van der Waals surface area contributed by atoms with Crippen molar-refractivity contribution in [2.45, 2.75) is 25.9 Å². The van der Waals surface area contributed by atoms with Crippen LogP contribution in [0, 0.1) is 11.7 Å². The highest BCUT2D eigenvalue weighted by Gasteiger charge is 2.22. The molecule has 0 radical (unpaired) electrons. The van der Waals surface area contributed by atoms with Gasteiger partial charge in [0.2, 0.25) is 5.91 Å². The molecule has 1 aliphatic rings. The van der Waals surface area contributed by atoms with Crippen LogP contribution < -0.4 is 21.1 Å². The third kappa shape index (κ3) is 6.86. The molecule has 2 aromatic carbocycles. The van der Waals surface area contributed by atoms with Gasteiger partial charge >= 0.3 is 0 Å². The van der Waals surface area contributed by atoms with Crippen molar-refractivity contribution in [2.75, 3.05) is 19.6 Å². The quantitative estimate of drug-likeness (QED) is 0.281. The Labute approximate surface area is 193 Å². The van der Waals surface area contributed by atoms with Gasteiger partial charge in [-0.3, -0.25) is 9.79 Å². The molecule has 4 N–H and O–H groups in total. The number of fused-ring (bicyclic) bond motifs is 1. The highest BCUT2D eigenvalue weighted by atomic mass is 127. The Balaban J connectivity index is 0.00000320. The van der Waals surface area contributed by atoms with Gasteiger partial charge in [-0.15, -0.1) is 24.0 Å². The Kier molecular flexibility index (Phi) is 9.35. The van der Waals surface area contributed by atoms with Crippen LogP contribution in [0.25, 0.3) is 0 Å². The maximum atomic E-state index is 13.1. The summed E-state index contributed by atoms with van der Waals surface area (Å²) in [6, 6.07) is 14.1. The SMILES string of the molecule is CCNC(=NCC(Cc1ccc(F)cc1)C(N)=O)NCC1Cc2ccccc2O1.I. The lowest BCUT2D eigenvalue weighted by atomic mass is 9.99. The van der Waals surface area contributed by atoms with E-state index in [1.54, 1.807) is 12.1 Å². The van der Waals surface area contributed by atoms with Gasteiger partial charge in [-0.05, 0) is 42.7 Å². The van der Waals surface area contributed by atoms with Crippen molar-refractivity contribution < 1.29 is 13.9 Å². The first-order valence-electron chi connectivity index (χ1n) is 9.85. The molecular formula is C22H28FIN4O2. The molecule has 0 aromatic heterocycles. The topological polar surface area (TPSA) is 88.7 Å². The second-order valence-corrected chi connectivity index (χ2v) is 7.08. The average molecular weight is 526 g/mol. The summed E-state index contributed by atoms with van der Waals surface area (Å²) in [6.45, 7) is 3.51. The van der Waals surface area contributed by atoms with Gasteiger partial charge in [-0.1, -0.05) is 30.3 Å². The van der Waals surface area contributed by atoms with Gasteiger partial charge in [0.05, 0.1) is 19.0 Å². The number of carbonyl (C=O) groups is 1. The lowest BCUT2D eigenvalue weighted by Crippen LogP contribution is -2.43. The van der Waals surface area contributed by atoms with Crippen LogP contribution in [-0.2, 0) is 17.6 Å². The van der Waals surface area contributed by atoms with Crippen LogP contribution in [0.15, 0.2) is 53.5 Å². The molecule has 0 bridgehead atoms. The molecule has 30 heavy (non-hydrogen) atoms. The van der Waals surface area contributed by atoms with Crippen molar-refractivity contribution in [1.29, 1.82) is 0 Å². The largest absolute Gasteiger partial charge is 0.488 e. The molecule has 2 unspecified atom stereocenters. The Morgan fingerprint density at radius 3 is 2.63 bits per heavy atom. The van der Waals surface area contributed by atoms with Gasteiger partial charge in [0.1, 0.15) is 17.7 Å². The Morgan fingerprint density at radius 1 is 1.23 bits per heavy atom. The summed E-state index contributed by atoms with van der Waals surface area (Å²) in [6.07, 6.45) is 1.29. The van der Waals surface area contributed by atoms with Gasteiger partial charge < -0.3 is 21.1 Å². The molecule has 0 spiro atoms. The van der Waals surface area contributed by atoms with Crippen LogP contribution in [0.1, 0.15) is 18.1 Å². The van der Waals surface area contributed by atoms with E-state index in [0.717, 1.165) is 17.7 Å². The van der Waals surface area contributed by atoms with Crippen molar-refractivity contribution in [2.24, 2.45) is 16.6 Å². The summed E-state index contributed by atoms with van der Waals surface area (Å²) in [5.41, 5.74) is 7.60. The average Bonchev–Trinajstić information content (AvgIpc) is 3.13. The van der Waals surface area contributed by atoms with Crippen LogP contribution in [0.2, 0.25) is 0 Å². The summed E-state index contributed by atoms with van der Waals surface area (Å²) in [5.74, 6) is 0.329. The normalized spacial score (nSPS) is 16.1. The fraction of sp³-hybridized carbons (Fsp3) is 0.364. The first-order valence-corrected chi connectivity index (χ1v) is 9.85. The number of nitrogens with zero attached hydrogens (tertiary/aromatic N) is 1. The number of para-hydroxylation sites is 1. The first kappa shape index (κ1) is 23.9. The summed E-state index contributed by atoms with van der Waals surface area (Å²) in [5, 5.41) is 6.45. The van der Waals surface area contributed by atoms with E-state index in [2.05, 4.69) is 21.7 Å². The van der Waals surface area contributed by atoms with Gasteiger partial charge in [0.15, 0.2) is 5.96 Å². The number of rotatable bonds is 8. The van der Waals surface area contributed by atoms with E-state index in [0.29, 0.717) is 25.5 Å². The van der Waals surface area contributed by atoms with E-state index >= 15 is 0 Å². The maximum absolute atomic E-state index is 13.1. The van der Waals surface area contributed by atoms with E-state index < -0.39 is 11.8 Å². The van der Waals surface area contributed by atoms with Gasteiger partial charge in [-0.25, -0.2) is 4.39 Å². The summed E-state index contributed by atoms with van der Waals surface area (Å²) < 4.78 is 19.0. The predicted octanol–water partition coefficient (Wildman–Crippen LogP) is 2.65. The molecule has 0 fully saturated rings. The van der Waals surface area contributed by atoms with Crippen LogP contribution in [-0.4, -0.2) is 37.6 Å². The molecule has 0 saturated carbocycles. The molecule has 8 heteroatoms. The molecule has 6 nitrogen and oxygen atoms in total. The van der Waals surface area contributed by atoms with E-state index in [9.17, 15) is 9.18 Å². The number of guanidine groups is 1. The van der Waals surface area contributed by atoms with Crippen LogP contribution in [0.4, 0.5) is 4.39 Å². The van der Waals surface area contributed by atoms with E-state index in [-0.39, 0.29) is 42.4 Å². The molecule has 1 aliphatic heterocycles. The number of ether oxygens (including phenoxy) is 1. The molecule has 1 amide bonds. The third-order valence-corrected chi connectivity index (χ3v) is 4.82. The molecular weight excluding hydrogens is 498 g/mol. The lowest BCUT2D eigenvalue weighted by Gasteiger charge is -2.17. The van der Waals surface area contributed by atoms with E-state index in [1.807, 2.05) is 25.1 Å². The van der Waals surface area contributed by atoms with Crippen molar-refractivity contribution in [3.05, 3.63) is 65.5 Å². The molecule has 2 atom stereocenters. The summed E-state index contributed by atoms with van der Waals surface area (Å²) in [4.78, 5) is 16.4. The number of halogens is 2. The number of nitrogens with one attached hydrogen (secondary N) is 2. The zero-order valence-corrected chi connectivity index (χ0v) is 19.3. The fourth-order valence-corrected chi connectivity index (χ4v) is 3.28. The monoisotopic (exact) mass is 526 g/mol. The zero-order chi connectivity index (χ0) is 20.6. The minimum atomic E-state index is -0.470. The van der Waals surface area contributed by atoms with Crippen LogP contribution in [0.5, 0.6) is 5.75 Å². The number of hydrogen-bond acceptors (Lipinski definition) is 3. The molecule has 2 aromatic rings. The number of benzene rings is 2. The Hall–Kier alpha value is -2.36. The molecule has 1 heterocycles. The zero-order valence-electron chi connectivity index (χ0n) is 16.9. The Bertz CT molecular complexity index is 835. The predicted molar refractivity (Wildman–Crippen MR) is 127 cm³/mol. The molecule has 3 rings (SSSR count). The number of nitrogens with two attached hydrogens (primary N) is 1. The maximum Gasteiger partial charge on any atom is 0.222 e. The highest BCUT2D eigenvalue weighted by molar-refractivity contribution is 14.0. The molecule has 0 saturated heterocycles. The second-order valence-electron chi connectivity index (χ2n) is 7.08. The fourth-order valence-electron chi connectivity index (χ4n) is 3.28. The molecule has 162 valence electrons. The third-order valence-electron chi connectivity index (χ3n) is 4.82. The Morgan fingerprint density at radius 2 is 1.97 bits per heavy atom. The number of amides is 1. The minimum Gasteiger partial charge on any atom is -0.488 e. The van der Waals surface area contributed by atoms with Gasteiger partial charge in [-0.2, -0.15) is 0 Å². The van der Waals surface area contributed by atoms with Crippen molar-refractivity contribution in [3.8, 4) is 5.75 Å². The first-order chi connectivity index (χ1) is 14.0. The lowest BCUT2D eigenvalue weighted by molar-refractivity contribution is -0.121. The van der Waals surface area contributed by atoms with Crippen molar-refractivity contribution in [3.63, 3.8) is 0 Å². The number of hydrogen-bond donors (Lipinski definition) is 3. The van der Waals surface area contributed by atoms with Crippen LogP contribution >= 0.6 is 24.0 Å².